The third kappa shape index (κ3) is 3.06. The Morgan fingerprint density at radius 2 is 2.24 bits per heavy atom. The summed E-state index contributed by atoms with van der Waals surface area (Å²) in [5.74, 6) is 2.88. The first-order valence-electron chi connectivity index (χ1n) is 7.57. The van der Waals surface area contributed by atoms with Gasteiger partial charge in [-0.25, -0.2) is 4.98 Å². The summed E-state index contributed by atoms with van der Waals surface area (Å²) >= 11 is 14.4. The Hall–Kier alpha value is -0.380. The van der Waals surface area contributed by atoms with E-state index in [1.807, 2.05) is 12.1 Å². The average molecular weight is 343 g/mol. The number of hydrogen-bond acceptors (Lipinski definition) is 2. The molecule has 0 radical (unpaired) electrons. The molecule has 5 heteroatoms. The first-order chi connectivity index (χ1) is 10.2. The normalized spacial score (nSPS) is 22.2. The molecule has 0 amide bonds. The highest BCUT2D eigenvalue weighted by molar-refractivity contribution is 7.99. The number of fused-ring (bicyclic) bond motifs is 1. The summed E-state index contributed by atoms with van der Waals surface area (Å²) < 4.78 is 2.40. The summed E-state index contributed by atoms with van der Waals surface area (Å²) in [6.45, 7) is 2.24. The van der Waals surface area contributed by atoms with Gasteiger partial charge in [0.05, 0.1) is 10.5 Å². The van der Waals surface area contributed by atoms with E-state index >= 15 is 0 Å². The van der Waals surface area contributed by atoms with Crippen LogP contribution >= 0.6 is 35.0 Å². The number of alkyl halides is 1. The summed E-state index contributed by atoms with van der Waals surface area (Å²) in [4.78, 5) is 4.76. The number of halogens is 2. The van der Waals surface area contributed by atoms with Crippen LogP contribution in [0.15, 0.2) is 18.2 Å². The van der Waals surface area contributed by atoms with Crippen LogP contribution in [-0.4, -0.2) is 26.4 Å². The minimum atomic E-state index is 0.538. The third-order valence-electron chi connectivity index (χ3n) is 4.19. The topological polar surface area (TPSA) is 17.8 Å². The zero-order valence-corrected chi connectivity index (χ0v) is 14.5. The molecule has 0 aliphatic heterocycles. The van der Waals surface area contributed by atoms with Crippen molar-refractivity contribution >= 4 is 46.0 Å². The summed E-state index contributed by atoms with van der Waals surface area (Å²) in [5, 5.41) is 1.51. The molecule has 2 aromatic rings. The lowest BCUT2D eigenvalue weighted by Gasteiger charge is -2.17. The van der Waals surface area contributed by atoms with Crippen LogP contribution in [0.5, 0.6) is 0 Å². The smallest absolute Gasteiger partial charge is 0.111 e. The zero-order chi connectivity index (χ0) is 14.8. The van der Waals surface area contributed by atoms with E-state index in [0.29, 0.717) is 11.9 Å². The van der Waals surface area contributed by atoms with Crippen LogP contribution in [0.3, 0.4) is 0 Å². The second kappa shape index (κ2) is 6.80. The predicted octanol–water partition coefficient (Wildman–Crippen LogP) is 5.32. The van der Waals surface area contributed by atoms with Crippen LogP contribution in [0.1, 0.15) is 38.1 Å². The van der Waals surface area contributed by atoms with Crippen LogP contribution in [0.2, 0.25) is 5.02 Å². The molecule has 1 aromatic heterocycles. The molecule has 1 aliphatic carbocycles. The van der Waals surface area contributed by atoms with Gasteiger partial charge in [-0.05, 0) is 37.1 Å². The lowest BCUT2D eigenvalue weighted by molar-refractivity contribution is 0.514. The van der Waals surface area contributed by atoms with Gasteiger partial charge in [0, 0.05) is 23.6 Å². The minimum absolute atomic E-state index is 0.538. The highest BCUT2D eigenvalue weighted by atomic mass is 35.5. The summed E-state index contributed by atoms with van der Waals surface area (Å²) in [6.07, 6.45) is 4.55. The second-order valence-electron chi connectivity index (χ2n) is 5.49. The van der Waals surface area contributed by atoms with Gasteiger partial charge in [-0.3, -0.25) is 0 Å². The fourth-order valence-corrected chi connectivity index (χ4v) is 4.85. The number of nitrogens with zero attached hydrogens (tertiary/aromatic N) is 2. The number of para-hydroxylation sites is 1. The molecule has 0 spiro atoms. The monoisotopic (exact) mass is 342 g/mol. The van der Waals surface area contributed by atoms with Crippen molar-refractivity contribution in [3.8, 4) is 0 Å². The molecular formula is C16H20Cl2N2S. The Morgan fingerprint density at radius 3 is 3.00 bits per heavy atom. The van der Waals surface area contributed by atoms with Crippen molar-refractivity contribution in [1.82, 2.24) is 9.55 Å². The molecule has 1 aliphatic rings. The minimum Gasteiger partial charge on any atom is -0.325 e. The van der Waals surface area contributed by atoms with E-state index < -0.39 is 0 Å². The third-order valence-corrected chi connectivity index (χ3v) is 5.91. The maximum absolute atomic E-state index is 6.31. The molecule has 21 heavy (non-hydrogen) atoms. The number of aryl methyl sites for hydroxylation is 1. The van der Waals surface area contributed by atoms with Gasteiger partial charge in [-0.15, -0.1) is 11.6 Å². The molecule has 0 N–H and O–H groups in total. The summed E-state index contributed by atoms with van der Waals surface area (Å²) in [6, 6.07) is 6.60. The molecule has 0 saturated heterocycles. The number of hydrogen-bond donors (Lipinski definition) is 0. The van der Waals surface area contributed by atoms with Gasteiger partial charge in [0.25, 0.3) is 0 Å². The number of thioether (sulfide) groups is 1. The van der Waals surface area contributed by atoms with Crippen molar-refractivity contribution in [3.63, 3.8) is 0 Å². The van der Waals surface area contributed by atoms with Crippen molar-refractivity contribution < 1.29 is 0 Å². The van der Waals surface area contributed by atoms with Gasteiger partial charge in [0.15, 0.2) is 0 Å². The quantitative estimate of drug-likeness (QED) is 0.684. The van der Waals surface area contributed by atoms with Crippen LogP contribution in [0.4, 0.5) is 0 Å². The Balaban J connectivity index is 2.00. The molecular weight excluding hydrogens is 323 g/mol. The summed E-state index contributed by atoms with van der Waals surface area (Å²) in [7, 11) is 0. The fourth-order valence-electron chi connectivity index (χ4n) is 3.34. The molecule has 1 fully saturated rings. The highest BCUT2D eigenvalue weighted by Gasteiger charge is 2.28. The van der Waals surface area contributed by atoms with Gasteiger partial charge in [-0.2, -0.15) is 11.8 Å². The maximum Gasteiger partial charge on any atom is 0.111 e. The summed E-state index contributed by atoms with van der Waals surface area (Å²) in [5.41, 5.74) is 2.08. The lowest BCUT2D eigenvalue weighted by Crippen LogP contribution is -2.11. The molecule has 1 heterocycles. The van der Waals surface area contributed by atoms with Crippen molar-refractivity contribution in [2.45, 2.75) is 43.9 Å². The molecule has 0 bridgehead atoms. The van der Waals surface area contributed by atoms with Crippen molar-refractivity contribution in [1.29, 1.82) is 0 Å². The van der Waals surface area contributed by atoms with Gasteiger partial charge >= 0.3 is 0 Å². The Labute approximate surface area is 140 Å². The van der Waals surface area contributed by atoms with Gasteiger partial charge in [-0.1, -0.05) is 24.6 Å². The van der Waals surface area contributed by atoms with Crippen molar-refractivity contribution in [2.75, 3.05) is 11.6 Å². The van der Waals surface area contributed by atoms with E-state index in [1.165, 1.54) is 25.0 Å². The van der Waals surface area contributed by atoms with Crippen LogP contribution in [0, 0.1) is 0 Å². The van der Waals surface area contributed by atoms with Gasteiger partial charge in [0.1, 0.15) is 11.3 Å². The first-order valence-corrected chi connectivity index (χ1v) is 9.53. The van der Waals surface area contributed by atoms with Crippen LogP contribution in [-0.2, 0) is 6.42 Å². The largest absolute Gasteiger partial charge is 0.325 e. The number of rotatable bonds is 5. The van der Waals surface area contributed by atoms with E-state index in [-0.39, 0.29) is 0 Å². The molecule has 1 aromatic carbocycles. The molecule has 2 atom stereocenters. The van der Waals surface area contributed by atoms with Crippen LogP contribution in [0.25, 0.3) is 11.0 Å². The standard InChI is InChI=1S/C16H20Cl2N2S/c1-2-21-12-7-6-11(10-12)20-14-5-3-4-13(18)16(14)19-15(20)8-9-17/h3-5,11-12H,2,6-10H2,1H3. The molecule has 114 valence electrons. The van der Waals surface area contributed by atoms with E-state index in [0.717, 1.165) is 33.6 Å². The number of imidazole rings is 1. The predicted molar refractivity (Wildman–Crippen MR) is 94.0 cm³/mol. The van der Waals surface area contributed by atoms with Crippen molar-refractivity contribution in [2.24, 2.45) is 0 Å². The van der Waals surface area contributed by atoms with Crippen molar-refractivity contribution in [3.05, 3.63) is 29.0 Å². The van der Waals surface area contributed by atoms with Gasteiger partial charge < -0.3 is 4.57 Å². The second-order valence-corrected chi connectivity index (χ2v) is 7.85. The van der Waals surface area contributed by atoms with E-state index in [9.17, 15) is 0 Å². The Morgan fingerprint density at radius 1 is 1.38 bits per heavy atom. The maximum atomic E-state index is 6.31. The molecule has 3 rings (SSSR count). The Bertz CT molecular complexity index is 626. The van der Waals surface area contributed by atoms with E-state index in [2.05, 4.69) is 29.3 Å². The lowest BCUT2D eigenvalue weighted by atomic mass is 10.2. The SMILES string of the molecule is CCSC1CCC(n2c(CCCl)nc3c(Cl)cccc32)C1. The number of aromatic nitrogens is 2. The Kier molecular flexibility index (Phi) is 5.03. The average Bonchev–Trinajstić information content (AvgIpc) is 3.05. The first kappa shape index (κ1) is 15.5. The number of benzene rings is 1. The van der Waals surface area contributed by atoms with Crippen LogP contribution < -0.4 is 0 Å². The van der Waals surface area contributed by atoms with E-state index in [4.69, 9.17) is 28.2 Å². The van der Waals surface area contributed by atoms with E-state index in [1.54, 1.807) is 0 Å². The fraction of sp³-hybridized carbons (Fsp3) is 0.562. The molecule has 2 nitrogen and oxygen atoms in total. The molecule has 2 unspecified atom stereocenters. The highest BCUT2D eigenvalue weighted by Crippen LogP contribution is 2.40. The zero-order valence-electron chi connectivity index (χ0n) is 12.2. The molecule has 1 saturated carbocycles. The van der Waals surface area contributed by atoms with Gasteiger partial charge in [0.2, 0.25) is 0 Å².